The van der Waals surface area contributed by atoms with Gasteiger partial charge in [0.2, 0.25) is 0 Å². The van der Waals surface area contributed by atoms with Gasteiger partial charge in [-0.2, -0.15) is 5.10 Å². The summed E-state index contributed by atoms with van der Waals surface area (Å²) in [5.74, 6) is -0.533. The van der Waals surface area contributed by atoms with Crippen molar-refractivity contribution in [1.82, 2.24) is 5.43 Å². The van der Waals surface area contributed by atoms with Gasteiger partial charge in [-0.3, -0.25) is 4.79 Å². The van der Waals surface area contributed by atoms with Gasteiger partial charge in [0.15, 0.2) is 0 Å². The molecule has 0 radical (unpaired) electrons. The quantitative estimate of drug-likeness (QED) is 0.541. The Hall–Kier alpha value is -2.31. The van der Waals surface area contributed by atoms with Gasteiger partial charge >= 0.3 is 0 Å². The largest absolute Gasteiger partial charge is 0.281 e. The molecule has 0 aliphatic rings. The molecule has 0 spiro atoms. The van der Waals surface area contributed by atoms with Crippen molar-refractivity contribution in [2.24, 2.45) is 5.10 Å². The summed E-state index contributed by atoms with van der Waals surface area (Å²) in [6, 6.07) is 13.7. The number of hydrogen-bond acceptors (Lipinski definition) is 4. The molecule has 2 aromatic heterocycles. The smallest absolute Gasteiger partial charge is 0.266 e. The van der Waals surface area contributed by atoms with E-state index in [1.54, 1.807) is 35.8 Å². The summed E-state index contributed by atoms with van der Waals surface area (Å²) in [6.07, 6.45) is 1.63. The average Bonchev–Trinajstić information content (AvgIpc) is 3.17. The summed E-state index contributed by atoms with van der Waals surface area (Å²) >= 11 is 2.95. The van der Waals surface area contributed by atoms with Crippen LogP contribution in [0, 0.1) is 12.7 Å². The number of nitrogens with one attached hydrogen (secondary N) is 1. The van der Waals surface area contributed by atoms with Crippen molar-refractivity contribution in [1.29, 1.82) is 0 Å². The second-order valence-electron chi connectivity index (χ2n) is 4.82. The van der Waals surface area contributed by atoms with Crippen LogP contribution >= 0.6 is 22.7 Å². The zero-order valence-corrected chi connectivity index (χ0v) is 13.9. The molecule has 0 unspecified atom stereocenters. The molecule has 1 aromatic carbocycles. The number of halogens is 1. The molecule has 3 rings (SSSR count). The van der Waals surface area contributed by atoms with Crippen LogP contribution in [0.15, 0.2) is 53.6 Å². The van der Waals surface area contributed by atoms with Gasteiger partial charge in [0, 0.05) is 14.6 Å². The van der Waals surface area contributed by atoms with Gasteiger partial charge in [-0.15, -0.1) is 22.7 Å². The molecule has 3 aromatic rings. The van der Waals surface area contributed by atoms with Gasteiger partial charge < -0.3 is 0 Å². The van der Waals surface area contributed by atoms with Crippen molar-refractivity contribution < 1.29 is 9.18 Å². The predicted octanol–water partition coefficient (Wildman–Crippen LogP) is 4.69. The minimum absolute atomic E-state index is 0.257. The fraction of sp³-hybridized carbons (Fsp3) is 0.0588. The van der Waals surface area contributed by atoms with E-state index in [1.165, 1.54) is 28.3 Å². The van der Waals surface area contributed by atoms with Crippen LogP contribution in [-0.2, 0) is 0 Å². The molecule has 116 valence electrons. The summed E-state index contributed by atoms with van der Waals surface area (Å²) in [5, 5.41) is 3.97. The van der Waals surface area contributed by atoms with Crippen molar-refractivity contribution in [3.05, 3.63) is 69.0 Å². The fourth-order valence-electron chi connectivity index (χ4n) is 1.96. The monoisotopic (exact) mass is 344 g/mol. The van der Waals surface area contributed by atoms with Gasteiger partial charge in [0.25, 0.3) is 5.91 Å². The van der Waals surface area contributed by atoms with E-state index in [0.717, 1.165) is 15.3 Å². The third-order valence-corrected chi connectivity index (χ3v) is 5.15. The van der Waals surface area contributed by atoms with Crippen molar-refractivity contribution in [3.63, 3.8) is 0 Å². The third kappa shape index (κ3) is 3.91. The molecule has 0 aliphatic carbocycles. The average molecular weight is 344 g/mol. The normalized spacial score (nSPS) is 11.0. The fourth-order valence-corrected chi connectivity index (χ4v) is 3.61. The maximum atomic E-state index is 12.9. The number of carbonyl (C=O) groups is 1. The molecule has 0 saturated heterocycles. The molecule has 0 saturated carbocycles. The Morgan fingerprint density at radius 2 is 1.87 bits per heavy atom. The first-order chi connectivity index (χ1) is 11.1. The van der Waals surface area contributed by atoms with Crippen LogP contribution in [0.5, 0.6) is 0 Å². The lowest BCUT2D eigenvalue weighted by molar-refractivity contribution is 0.0959. The Labute approximate surface area is 141 Å². The molecule has 0 aliphatic heterocycles. The summed E-state index contributed by atoms with van der Waals surface area (Å²) < 4.78 is 12.9. The number of benzene rings is 1. The number of thiophene rings is 2. The van der Waals surface area contributed by atoms with Gasteiger partial charge in [-0.25, -0.2) is 9.82 Å². The molecule has 3 nitrogen and oxygen atoms in total. The Bertz CT molecular complexity index is 850. The standard InChI is InChI=1S/C17H13FN2OS2/c1-11-2-7-14(22-11)10-19-20-17(21)16-9-8-15(23-16)12-3-5-13(18)6-4-12/h2-10H,1H3,(H,20,21)/b19-10-. The van der Waals surface area contributed by atoms with Crippen molar-refractivity contribution in [3.8, 4) is 10.4 Å². The van der Waals surface area contributed by atoms with Gasteiger partial charge in [-0.05, 0) is 48.9 Å². The molecule has 0 fully saturated rings. The molecule has 1 N–H and O–H groups in total. The number of nitrogens with zero attached hydrogens (tertiary/aromatic N) is 1. The van der Waals surface area contributed by atoms with Gasteiger partial charge in [-0.1, -0.05) is 12.1 Å². The van der Waals surface area contributed by atoms with E-state index >= 15 is 0 Å². The van der Waals surface area contributed by atoms with Crippen LogP contribution < -0.4 is 5.43 Å². The molecule has 0 bridgehead atoms. The summed E-state index contributed by atoms with van der Waals surface area (Å²) in [5.41, 5.74) is 3.40. The molecule has 0 atom stereocenters. The highest BCUT2D eigenvalue weighted by Crippen LogP contribution is 2.28. The highest BCUT2D eigenvalue weighted by atomic mass is 32.1. The Balaban J connectivity index is 1.66. The maximum Gasteiger partial charge on any atom is 0.281 e. The lowest BCUT2D eigenvalue weighted by Gasteiger charge is -1.97. The van der Waals surface area contributed by atoms with Crippen LogP contribution in [0.2, 0.25) is 0 Å². The van der Waals surface area contributed by atoms with E-state index in [0.29, 0.717) is 4.88 Å². The topological polar surface area (TPSA) is 41.5 Å². The van der Waals surface area contributed by atoms with Gasteiger partial charge in [0.1, 0.15) is 5.82 Å². The zero-order chi connectivity index (χ0) is 16.2. The van der Waals surface area contributed by atoms with Crippen LogP contribution in [0.25, 0.3) is 10.4 Å². The van der Waals surface area contributed by atoms with E-state index < -0.39 is 0 Å². The molecule has 23 heavy (non-hydrogen) atoms. The third-order valence-electron chi connectivity index (χ3n) is 3.08. The lowest BCUT2D eigenvalue weighted by Crippen LogP contribution is -2.15. The number of amides is 1. The van der Waals surface area contributed by atoms with Crippen LogP contribution in [-0.4, -0.2) is 12.1 Å². The number of rotatable bonds is 4. The van der Waals surface area contributed by atoms with Crippen LogP contribution in [0.3, 0.4) is 0 Å². The van der Waals surface area contributed by atoms with Crippen LogP contribution in [0.4, 0.5) is 4.39 Å². The van der Waals surface area contributed by atoms with E-state index in [-0.39, 0.29) is 11.7 Å². The van der Waals surface area contributed by atoms with E-state index in [2.05, 4.69) is 10.5 Å². The van der Waals surface area contributed by atoms with Crippen molar-refractivity contribution in [2.45, 2.75) is 6.92 Å². The number of carbonyl (C=O) groups excluding carboxylic acids is 1. The molecule has 1 amide bonds. The Morgan fingerprint density at radius 1 is 1.09 bits per heavy atom. The molecule has 2 heterocycles. The molecular weight excluding hydrogens is 331 g/mol. The minimum atomic E-state index is -0.276. The first-order valence-corrected chi connectivity index (χ1v) is 8.51. The number of aryl methyl sites for hydroxylation is 1. The second kappa shape index (κ2) is 6.85. The van der Waals surface area contributed by atoms with E-state index in [9.17, 15) is 9.18 Å². The Morgan fingerprint density at radius 3 is 2.57 bits per heavy atom. The SMILES string of the molecule is Cc1ccc(/C=N\NC(=O)c2ccc(-c3ccc(F)cc3)s2)s1. The summed E-state index contributed by atoms with van der Waals surface area (Å²) in [6.45, 7) is 2.02. The first kappa shape index (κ1) is 15.6. The molecular formula is C17H13FN2OS2. The summed E-state index contributed by atoms with van der Waals surface area (Å²) in [7, 11) is 0. The summed E-state index contributed by atoms with van der Waals surface area (Å²) in [4.78, 5) is 15.7. The van der Waals surface area contributed by atoms with E-state index in [4.69, 9.17) is 0 Å². The van der Waals surface area contributed by atoms with Gasteiger partial charge in [0.05, 0.1) is 11.1 Å². The van der Waals surface area contributed by atoms with E-state index in [1.807, 2.05) is 25.1 Å². The second-order valence-corrected chi connectivity index (χ2v) is 7.22. The number of hydrazone groups is 1. The first-order valence-electron chi connectivity index (χ1n) is 6.87. The predicted molar refractivity (Wildman–Crippen MR) is 93.8 cm³/mol. The van der Waals surface area contributed by atoms with Crippen molar-refractivity contribution >= 4 is 34.8 Å². The highest BCUT2D eigenvalue weighted by Gasteiger charge is 2.09. The minimum Gasteiger partial charge on any atom is -0.266 e. The van der Waals surface area contributed by atoms with Crippen molar-refractivity contribution in [2.75, 3.05) is 0 Å². The number of hydrogen-bond donors (Lipinski definition) is 1. The molecule has 6 heteroatoms. The highest BCUT2D eigenvalue weighted by molar-refractivity contribution is 7.17. The maximum absolute atomic E-state index is 12.9. The lowest BCUT2D eigenvalue weighted by atomic mass is 10.2. The Kier molecular flexibility index (Phi) is 4.64. The van der Waals surface area contributed by atoms with Crippen LogP contribution in [0.1, 0.15) is 19.4 Å². The zero-order valence-electron chi connectivity index (χ0n) is 12.2.